The second kappa shape index (κ2) is 6.79. The number of aryl methyl sites for hydroxylation is 1. The highest BCUT2D eigenvalue weighted by molar-refractivity contribution is 5.72. The Bertz CT molecular complexity index is 498. The number of carbonyl (C=O) groups is 1. The molecule has 0 bridgehead atoms. The monoisotopic (exact) mass is 269 g/mol. The molecule has 0 aromatic carbocycles. The van der Waals surface area contributed by atoms with Gasteiger partial charge in [-0.2, -0.15) is 0 Å². The Kier molecular flexibility index (Phi) is 5.37. The second-order valence-electron chi connectivity index (χ2n) is 4.38. The lowest BCUT2D eigenvalue weighted by atomic mass is 10.1. The van der Waals surface area contributed by atoms with Gasteiger partial charge in [0, 0.05) is 18.3 Å². The Morgan fingerprint density at radius 1 is 1.53 bits per heavy atom. The smallest absolute Gasteiger partial charge is 0.320 e. The zero-order chi connectivity index (χ0) is 14.4. The molecule has 1 aromatic heterocycles. The van der Waals surface area contributed by atoms with Gasteiger partial charge in [0.05, 0.1) is 6.20 Å². The largest absolute Gasteiger partial charge is 0.503 e. The summed E-state index contributed by atoms with van der Waals surface area (Å²) in [6, 6.07) is 0.515. The van der Waals surface area contributed by atoms with E-state index in [1.54, 1.807) is 11.6 Å². The van der Waals surface area contributed by atoms with Gasteiger partial charge in [-0.15, -0.1) is 0 Å². The van der Waals surface area contributed by atoms with Crippen molar-refractivity contribution in [2.24, 2.45) is 5.73 Å². The molecule has 1 aromatic rings. The van der Waals surface area contributed by atoms with Gasteiger partial charge in [-0.3, -0.25) is 14.3 Å². The zero-order valence-electron chi connectivity index (χ0n) is 10.8. The van der Waals surface area contributed by atoms with Gasteiger partial charge in [0.1, 0.15) is 6.04 Å². The first-order valence-corrected chi connectivity index (χ1v) is 6.06. The molecule has 0 amide bonds. The number of carboxylic acids is 1. The van der Waals surface area contributed by atoms with Crippen LogP contribution in [0.25, 0.3) is 0 Å². The maximum absolute atomic E-state index is 11.1. The number of hydrogen-bond acceptors (Lipinski definition) is 5. The van der Waals surface area contributed by atoms with Crippen molar-refractivity contribution in [1.29, 1.82) is 0 Å². The molecule has 7 nitrogen and oxygen atoms in total. The number of aromatic hydroxyl groups is 1. The third kappa shape index (κ3) is 4.63. The quantitative estimate of drug-likeness (QED) is 0.517. The number of unbranched alkanes of at least 4 members (excludes halogenated alkanes) is 1. The van der Waals surface area contributed by atoms with E-state index in [4.69, 9.17) is 10.8 Å². The summed E-state index contributed by atoms with van der Waals surface area (Å²) in [5.41, 5.74) is 8.66. The summed E-state index contributed by atoms with van der Waals surface area (Å²) in [6.07, 6.45) is 3.17. The van der Waals surface area contributed by atoms with Crippen LogP contribution in [0.1, 0.15) is 25.0 Å². The lowest BCUT2D eigenvalue weighted by Gasteiger charge is -2.13. The maximum atomic E-state index is 11.1. The number of rotatable bonds is 7. The number of aliphatic carboxylic acids is 1. The van der Waals surface area contributed by atoms with E-state index in [0.29, 0.717) is 25.1 Å². The van der Waals surface area contributed by atoms with Crippen molar-refractivity contribution in [1.82, 2.24) is 4.68 Å². The van der Waals surface area contributed by atoms with Crippen LogP contribution in [0.15, 0.2) is 17.1 Å². The third-order valence-corrected chi connectivity index (χ3v) is 2.77. The fourth-order valence-corrected chi connectivity index (χ4v) is 1.60. The van der Waals surface area contributed by atoms with Gasteiger partial charge in [-0.1, -0.05) is 0 Å². The van der Waals surface area contributed by atoms with Gasteiger partial charge < -0.3 is 21.4 Å². The molecule has 0 spiro atoms. The van der Waals surface area contributed by atoms with Crippen LogP contribution in [0, 0.1) is 6.92 Å². The van der Waals surface area contributed by atoms with E-state index in [-0.39, 0.29) is 5.75 Å². The lowest BCUT2D eigenvalue weighted by Crippen LogP contribution is -2.30. The van der Waals surface area contributed by atoms with Crippen molar-refractivity contribution in [2.75, 3.05) is 12.0 Å². The van der Waals surface area contributed by atoms with Crippen LogP contribution < -0.4 is 16.6 Å². The van der Waals surface area contributed by atoms with Gasteiger partial charge in [0.25, 0.3) is 0 Å². The molecule has 0 saturated carbocycles. The highest BCUT2D eigenvalue weighted by atomic mass is 16.4. The summed E-state index contributed by atoms with van der Waals surface area (Å²) in [6.45, 7) is 2.34. The molecule has 0 saturated heterocycles. The van der Waals surface area contributed by atoms with Crippen molar-refractivity contribution < 1.29 is 15.0 Å². The predicted molar refractivity (Wildman–Crippen MR) is 70.8 cm³/mol. The average Bonchev–Trinajstić information content (AvgIpc) is 2.34. The molecule has 0 radical (unpaired) electrons. The SMILES string of the molecule is Cc1cc(=O)c(O)cn1NCCCC[C@H](N)C(=O)O. The van der Waals surface area contributed by atoms with Crippen LogP contribution in [-0.2, 0) is 4.79 Å². The minimum Gasteiger partial charge on any atom is -0.503 e. The first kappa shape index (κ1) is 15.0. The minimum atomic E-state index is -0.992. The molecular weight excluding hydrogens is 250 g/mol. The highest BCUT2D eigenvalue weighted by Gasteiger charge is 2.09. The van der Waals surface area contributed by atoms with Gasteiger partial charge in [0.2, 0.25) is 5.43 Å². The van der Waals surface area contributed by atoms with Crippen molar-refractivity contribution in [2.45, 2.75) is 32.2 Å². The highest BCUT2D eigenvalue weighted by Crippen LogP contribution is 2.03. The molecule has 1 heterocycles. The molecule has 106 valence electrons. The number of carboxylic acid groups (broad SMARTS) is 1. The second-order valence-corrected chi connectivity index (χ2v) is 4.38. The number of aromatic nitrogens is 1. The van der Waals surface area contributed by atoms with E-state index >= 15 is 0 Å². The molecule has 0 aliphatic heterocycles. The summed E-state index contributed by atoms with van der Waals surface area (Å²) in [5, 5.41) is 17.9. The number of nitrogens with one attached hydrogen (secondary N) is 1. The predicted octanol–water partition coefficient (Wildman–Crippen LogP) is -0.0120. The van der Waals surface area contributed by atoms with E-state index in [9.17, 15) is 14.7 Å². The molecule has 7 heteroatoms. The van der Waals surface area contributed by atoms with Gasteiger partial charge in [-0.25, -0.2) is 0 Å². The van der Waals surface area contributed by atoms with Crippen LogP contribution in [-0.4, -0.2) is 33.4 Å². The maximum Gasteiger partial charge on any atom is 0.320 e. The topological polar surface area (TPSA) is 118 Å². The molecule has 19 heavy (non-hydrogen) atoms. The van der Waals surface area contributed by atoms with Crippen molar-refractivity contribution in [3.63, 3.8) is 0 Å². The molecule has 1 rings (SSSR count). The van der Waals surface area contributed by atoms with Crippen LogP contribution in [0.4, 0.5) is 0 Å². The standard InChI is InChI=1S/C12H19N3O4/c1-8-6-10(16)11(17)7-15(8)14-5-3-2-4-9(13)12(18)19/h6-7,9,14,17H,2-5,13H2,1H3,(H,18,19)/t9-/m0/s1. The Balaban J connectivity index is 2.36. The number of nitrogens with two attached hydrogens (primary N) is 1. The van der Waals surface area contributed by atoms with Crippen LogP contribution in [0.3, 0.4) is 0 Å². The summed E-state index contributed by atoms with van der Waals surface area (Å²) in [4.78, 5) is 21.6. The Hall–Kier alpha value is -2.02. The van der Waals surface area contributed by atoms with E-state index in [1.165, 1.54) is 12.3 Å². The van der Waals surface area contributed by atoms with Crippen molar-refractivity contribution >= 4 is 5.97 Å². The average molecular weight is 269 g/mol. The molecular formula is C12H19N3O4. The number of hydrogen-bond donors (Lipinski definition) is 4. The van der Waals surface area contributed by atoms with Crippen molar-refractivity contribution in [3.8, 4) is 5.75 Å². The van der Waals surface area contributed by atoms with Gasteiger partial charge in [-0.05, 0) is 26.2 Å². The first-order valence-electron chi connectivity index (χ1n) is 6.06. The zero-order valence-corrected chi connectivity index (χ0v) is 10.8. The summed E-state index contributed by atoms with van der Waals surface area (Å²) < 4.78 is 1.56. The molecule has 0 aliphatic carbocycles. The summed E-state index contributed by atoms with van der Waals surface area (Å²) in [7, 11) is 0. The minimum absolute atomic E-state index is 0.314. The number of pyridine rings is 1. The molecule has 0 unspecified atom stereocenters. The summed E-state index contributed by atoms with van der Waals surface area (Å²) in [5.74, 6) is -1.31. The van der Waals surface area contributed by atoms with Crippen molar-refractivity contribution in [3.05, 3.63) is 28.2 Å². The Labute approximate surface area is 110 Å². The fourth-order valence-electron chi connectivity index (χ4n) is 1.60. The van der Waals surface area contributed by atoms with E-state index in [1.807, 2.05) is 0 Å². The molecule has 0 aliphatic rings. The number of nitrogens with zero attached hydrogens (tertiary/aromatic N) is 1. The fraction of sp³-hybridized carbons (Fsp3) is 0.500. The van der Waals surface area contributed by atoms with Crippen LogP contribution in [0.2, 0.25) is 0 Å². The normalized spacial score (nSPS) is 12.1. The first-order chi connectivity index (χ1) is 8.91. The van der Waals surface area contributed by atoms with E-state index in [2.05, 4.69) is 5.43 Å². The van der Waals surface area contributed by atoms with Crippen LogP contribution in [0.5, 0.6) is 5.75 Å². The molecule has 0 fully saturated rings. The Morgan fingerprint density at radius 3 is 2.84 bits per heavy atom. The van der Waals surface area contributed by atoms with E-state index in [0.717, 1.165) is 6.42 Å². The van der Waals surface area contributed by atoms with Crippen LogP contribution >= 0.6 is 0 Å². The molecule has 1 atom stereocenters. The third-order valence-electron chi connectivity index (χ3n) is 2.77. The summed E-state index contributed by atoms with van der Waals surface area (Å²) >= 11 is 0. The van der Waals surface area contributed by atoms with Gasteiger partial charge in [0.15, 0.2) is 5.75 Å². The van der Waals surface area contributed by atoms with E-state index < -0.39 is 17.4 Å². The van der Waals surface area contributed by atoms with Gasteiger partial charge >= 0.3 is 5.97 Å². The molecule has 5 N–H and O–H groups in total. The lowest BCUT2D eigenvalue weighted by molar-refractivity contribution is -0.138. The Morgan fingerprint density at radius 2 is 2.21 bits per heavy atom.